The molecule has 0 aliphatic heterocycles. The van der Waals surface area contributed by atoms with Crippen LogP contribution >= 0.6 is 0 Å². The second kappa shape index (κ2) is 12.0. The fraction of sp³-hybridized carbons (Fsp3) is 1.00. The van der Waals surface area contributed by atoms with E-state index in [4.69, 9.17) is 42.1 Å². The Morgan fingerprint density at radius 2 is 0.929 bits per heavy atom. The van der Waals surface area contributed by atoms with E-state index in [9.17, 15) is 0 Å². The van der Waals surface area contributed by atoms with Gasteiger partial charge in [0.25, 0.3) is 0 Å². The number of rotatable bonds is 0. The molecule has 0 bridgehead atoms. The van der Waals surface area contributed by atoms with Gasteiger partial charge in [-0.3, -0.25) is 0 Å². The second-order valence-corrected chi connectivity index (χ2v) is 2.27. The number of nitrogens with two attached hydrogens (primary N) is 2. The summed E-state index contributed by atoms with van der Waals surface area (Å²) < 4.78 is 0. The van der Waals surface area contributed by atoms with Crippen LogP contribution in [0.25, 0.3) is 0 Å². The molecule has 0 radical (unpaired) electrons. The fourth-order valence-corrected chi connectivity index (χ4v) is 0. The van der Waals surface area contributed by atoms with Gasteiger partial charge in [0.2, 0.25) is 0 Å². The average Bonchev–Trinajstić information content (AvgIpc) is 1.50. The van der Waals surface area contributed by atoms with E-state index < -0.39 is 15.8 Å². The maximum Gasteiger partial charge on any atom is 2.00 e. The molecular formula is C3H10N4O6Pt. The molecule has 4 N–H and O–H groups in total. The van der Waals surface area contributed by atoms with Crippen LogP contribution in [0, 0.1) is 30.6 Å². The van der Waals surface area contributed by atoms with E-state index in [1.54, 1.807) is 13.8 Å². The first-order valence-electron chi connectivity index (χ1n) is 2.67. The van der Waals surface area contributed by atoms with Crippen molar-refractivity contribution < 1.29 is 31.2 Å². The standard InChI is InChI=1S/C3H10N2.2NO3.Pt/c1-3(2,4)5;2*2-1(3)4;/h4-5H2,1-2H3;;;/q;2*-1;+2. The summed E-state index contributed by atoms with van der Waals surface area (Å²) in [5.41, 5.74) is 9.76. The Hall–Kier alpha value is -0.992. The molecule has 0 saturated carbocycles. The van der Waals surface area contributed by atoms with Gasteiger partial charge in [-0.2, -0.15) is 0 Å². The van der Waals surface area contributed by atoms with Gasteiger partial charge in [-0.15, -0.1) is 0 Å². The van der Waals surface area contributed by atoms with Crippen molar-refractivity contribution in [3.63, 3.8) is 0 Å². The van der Waals surface area contributed by atoms with Crippen LogP contribution in [0.4, 0.5) is 0 Å². The predicted molar refractivity (Wildman–Crippen MR) is 43.2 cm³/mol. The van der Waals surface area contributed by atoms with Crippen LogP contribution in [0.3, 0.4) is 0 Å². The first kappa shape index (κ1) is 23.1. The van der Waals surface area contributed by atoms with E-state index in [1.807, 2.05) is 0 Å². The zero-order valence-electron chi connectivity index (χ0n) is 7.31. The van der Waals surface area contributed by atoms with Crippen LogP contribution in [-0.2, 0) is 21.1 Å². The van der Waals surface area contributed by atoms with Gasteiger partial charge in [0.05, 0.1) is 15.8 Å². The molecule has 11 heteroatoms. The van der Waals surface area contributed by atoms with Gasteiger partial charge < -0.3 is 42.1 Å². The quantitative estimate of drug-likeness (QED) is 0.303. The second-order valence-electron chi connectivity index (χ2n) is 2.27. The fourth-order valence-electron chi connectivity index (χ4n) is 0. The van der Waals surface area contributed by atoms with Crippen molar-refractivity contribution >= 4 is 0 Å². The molecule has 0 fully saturated rings. The zero-order chi connectivity index (χ0) is 11.7. The first-order chi connectivity index (χ1) is 5.46. The summed E-state index contributed by atoms with van der Waals surface area (Å²) in [4.78, 5) is 16.5. The molecule has 0 aromatic rings. The number of hydrogen-bond donors (Lipinski definition) is 2. The van der Waals surface area contributed by atoms with Crippen molar-refractivity contribution in [2.45, 2.75) is 19.5 Å². The summed E-state index contributed by atoms with van der Waals surface area (Å²) in [5.74, 6) is 0. The van der Waals surface area contributed by atoms with Gasteiger partial charge in [-0.1, -0.05) is 0 Å². The molecule has 0 rings (SSSR count). The molecule has 10 nitrogen and oxygen atoms in total. The topological polar surface area (TPSA) is 184 Å². The third kappa shape index (κ3) is 1120. The maximum atomic E-state index is 8.25. The van der Waals surface area contributed by atoms with Crippen molar-refractivity contribution in [3.05, 3.63) is 30.6 Å². The Morgan fingerprint density at radius 3 is 0.929 bits per heavy atom. The maximum absolute atomic E-state index is 8.25. The minimum Gasteiger partial charge on any atom is -0.356 e. The SMILES string of the molecule is CC(C)(N)N.O=[N+]([O-])[O-].O=[N+]([O-])[O-].[Pt+2]. The van der Waals surface area contributed by atoms with Gasteiger partial charge in [-0.25, -0.2) is 0 Å². The van der Waals surface area contributed by atoms with Gasteiger partial charge in [0, 0.05) is 0 Å². The Morgan fingerprint density at radius 1 is 0.929 bits per heavy atom. The molecule has 0 unspecified atom stereocenters. The van der Waals surface area contributed by atoms with E-state index in [-0.39, 0.29) is 21.1 Å². The first-order valence-corrected chi connectivity index (χ1v) is 2.67. The molecule has 0 aliphatic carbocycles. The summed E-state index contributed by atoms with van der Waals surface area (Å²) in [7, 11) is 0. The Balaban J connectivity index is -0.0000000522. The molecule has 0 heterocycles. The smallest absolute Gasteiger partial charge is 0.356 e. The van der Waals surface area contributed by atoms with Crippen molar-refractivity contribution in [2.24, 2.45) is 11.5 Å². The van der Waals surface area contributed by atoms with E-state index in [2.05, 4.69) is 0 Å². The van der Waals surface area contributed by atoms with Crippen molar-refractivity contribution in [3.8, 4) is 0 Å². The van der Waals surface area contributed by atoms with Crippen LogP contribution in [0.1, 0.15) is 13.8 Å². The number of hydrogen-bond acceptors (Lipinski definition) is 8. The van der Waals surface area contributed by atoms with Crippen LogP contribution in [0.2, 0.25) is 0 Å². The van der Waals surface area contributed by atoms with Gasteiger partial charge in [0.1, 0.15) is 0 Å². The predicted octanol–water partition coefficient (Wildman–Crippen LogP) is -0.841. The molecule has 0 aliphatic rings. The molecule has 0 aromatic carbocycles. The summed E-state index contributed by atoms with van der Waals surface area (Å²) in [6.07, 6.45) is 0. The minimum atomic E-state index is -1.75. The van der Waals surface area contributed by atoms with Crippen LogP contribution in [0.15, 0.2) is 0 Å². The average molecular weight is 393 g/mol. The van der Waals surface area contributed by atoms with Crippen LogP contribution < -0.4 is 11.5 Å². The number of nitrogens with zero attached hydrogens (tertiary/aromatic N) is 2. The summed E-state index contributed by atoms with van der Waals surface area (Å²) in [6, 6.07) is 0. The molecule has 14 heavy (non-hydrogen) atoms. The van der Waals surface area contributed by atoms with Gasteiger partial charge >= 0.3 is 21.1 Å². The Bertz CT molecular complexity index is 132. The minimum absolute atomic E-state index is 0. The monoisotopic (exact) mass is 393 g/mol. The van der Waals surface area contributed by atoms with E-state index >= 15 is 0 Å². The largest absolute Gasteiger partial charge is 2.00 e. The van der Waals surface area contributed by atoms with Gasteiger partial charge in [0.15, 0.2) is 0 Å². The summed E-state index contributed by atoms with van der Waals surface area (Å²) in [5, 5.41) is 29.5. The third-order valence-corrected chi connectivity index (χ3v) is 0. The molecule has 0 amide bonds. The van der Waals surface area contributed by atoms with E-state index in [0.717, 1.165) is 0 Å². The molecular weight excluding hydrogens is 383 g/mol. The molecule has 88 valence electrons. The zero-order valence-corrected chi connectivity index (χ0v) is 9.59. The Labute approximate surface area is 93.4 Å². The molecule has 0 atom stereocenters. The van der Waals surface area contributed by atoms with Crippen LogP contribution in [0.5, 0.6) is 0 Å². The van der Waals surface area contributed by atoms with Crippen molar-refractivity contribution in [2.75, 3.05) is 0 Å². The van der Waals surface area contributed by atoms with Crippen molar-refractivity contribution in [1.82, 2.24) is 0 Å². The van der Waals surface area contributed by atoms with Gasteiger partial charge in [-0.05, 0) is 13.8 Å². The Kier molecular flexibility index (Phi) is 19.8. The molecule has 0 saturated heterocycles. The summed E-state index contributed by atoms with van der Waals surface area (Å²) in [6.45, 7) is 3.49. The van der Waals surface area contributed by atoms with E-state index in [1.165, 1.54) is 0 Å². The van der Waals surface area contributed by atoms with E-state index in [0.29, 0.717) is 0 Å². The summed E-state index contributed by atoms with van der Waals surface area (Å²) >= 11 is 0. The van der Waals surface area contributed by atoms with Crippen molar-refractivity contribution in [1.29, 1.82) is 0 Å². The normalized spacial score (nSPS) is 7.71. The third-order valence-electron chi connectivity index (χ3n) is 0. The molecule has 0 aromatic heterocycles. The molecule has 0 spiro atoms. The van der Waals surface area contributed by atoms with Crippen LogP contribution in [-0.4, -0.2) is 15.8 Å².